The lowest BCUT2D eigenvalue weighted by Gasteiger charge is -2.26. The van der Waals surface area contributed by atoms with E-state index in [1.54, 1.807) is 35.4 Å². The number of aliphatic hydroxyl groups excluding tert-OH is 1. The molecule has 0 spiro atoms. The minimum absolute atomic E-state index is 0.0462. The maximum Gasteiger partial charge on any atom is 0.254 e. The number of hydrogen-bond donors (Lipinski definition) is 1. The van der Waals surface area contributed by atoms with E-state index in [9.17, 15) is 14.7 Å². The molecule has 1 N–H and O–H groups in total. The molecule has 4 rings (SSSR count). The normalized spacial score (nSPS) is 15.2. The van der Waals surface area contributed by atoms with E-state index in [-0.39, 0.29) is 18.1 Å². The molecule has 2 heterocycles. The summed E-state index contributed by atoms with van der Waals surface area (Å²) in [4.78, 5) is 31.1. The smallest absolute Gasteiger partial charge is 0.254 e. The van der Waals surface area contributed by atoms with Gasteiger partial charge in [0, 0.05) is 42.2 Å². The van der Waals surface area contributed by atoms with Crippen LogP contribution in [0, 0.1) is 0 Å². The highest BCUT2D eigenvalue weighted by atomic mass is 16.5. The Bertz CT molecular complexity index is 1040. The van der Waals surface area contributed by atoms with Crippen LogP contribution in [-0.2, 0) is 4.74 Å². The summed E-state index contributed by atoms with van der Waals surface area (Å²) in [5.41, 5.74) is 1.66. The van der Waals surface area contributed by atoms with E-state index in [0.717, 1.165) is 10.8 Å². The Morgan fingerprint density at radius 3 is 2.40 bits per heavy atom. The van der Waals surface area contributed by atoms with Gasteiger partial charge in [0.1, 0.15) is 0 Å². The molecule has 1 atom stereocenters. The average molecular weight is 404 g/mol. The molecule has 1 unspecified atom stereocenters. The first-order chi connectivity index (χ1) is 14.6. The molecule has 0 aliphatic carbocycles. The van der Waals surface area contributed by atoms with Crippen LogP contribution in [0.25, 0.3) is 10.8 Å². The zero-order chi connectivity index (χ0) is 20.9. The van der Waals surface area contributed by atoms with E-state index in [4.69, 9.17) is 4.74 Å². The molecular formula is C24H24N2O4. The van der Waals surface area contributed by atoms with E-state index in [2.05, 4.69) is 4.98 Å². The van der Waals surface area contributed by atoms with Gasteiger partial charge in [0.15, 0.2) is 5.78 Å². The van der Waals surface area contributed by atoms with Crippen LogP contribution in [0.5, 0.6) is 0 Å². The molecule has 1 aliphatic rings. The lowest BCUT2D eigenvalue weighted by Crippen LogP contribution is -2.40. The molecule has 0 saturated carbocycles. The van der Waals surface area contributed by atoms with Crippen LogP contribution in [-0.4, -0.2) is 53.0 Å². The summed E-state index contributed by atoms with van der Waals surface area (Å²) in [5, 5.41) is 12.5. The summed E-state index contributed by atoms with van der Waals surface area (Å²) >= 11 is 0. The molecule has 1 fully saturated rings. The van der Waals surface area contributed by atoms with E-state index in [1.165, 1.54) is 0 Å². The number of aliphatic hydroxyl groups is 1. The molecular weight excluding hydrogens is 380 g/mol. The zero-order valence-corrected chi connectivity index (χ0v) is 16.7. The first-order valence-corrected chi connectivity index (χ1v) is 10.1. The Morgan fingerprint density at radius 2 is 1.67 bits per heavy atom. The van der Waals surface area contributed by atoms with Crippen LogP contribution in [0.4, 0.5) is 0 Å². The summed E-state index contributed by atoms with van der Waals surface area (Å²) in [6.07, 6.45) is 1.42. The number of Topliss-reactive ketones (excluding diaryl/α,β-unsaturated/α-hetero) is 1. The molecule has 1 aromatic heterocycles. The van der Waals surface area contributed by atoms with Crippen LogP contribution < -0.4 is 0 Å². The molecule has 1 saturated heterocycles. The number of ketones is 1. The number of carbonyl (C=O) groups excluding carboxylic acids is 2. The van der Waals surface area contributed by atoms with Gasteiger partial charge in [-0.3, -0.25) is 14.6 Å². The number of pyridine rings is 1. The van der Waals surface area contributed by atoms with Crippen molar-refractivity contribution in [2.24, 2.45) is 0 Å². The lowest BCUT2D eigenvalue weighted by atomic mass is 10.0. The van der Waals surface area contributed by atoms with Gasteiger partial charge in [0.05, 0.1) is 25.0 Å². The fourth-order valence-corrected chi connectivity index (χ4v) is 3.59. The largest absolute Gasteiger partial charge is 0.387 e. The van der Waals surface area contributed by atoms with Crippen LogP contribution in [0.3, 0.4) is 0 Å². The Kier molecular flexibility index (Phi) is 6.16. The van der Waals surface area contributed by atoms with Gasteiger partial charge >= 0.3 is 0 Å². The molecule has 0 bridgehead atoms. The summed E-state index contributed by atoms with van der Waals surface area (Å²) in [7, 11) is 0. The summed E-state index contributed by atoms with van der Waals surface area (Å²) in [6.45, 7) is 2.27. The number of carbonyl (C=O) groups is 2. The third kappa shape index (κ3) is 4.56. The third-order valence-corrected chi connectivity index (χ3v) is 5.39. The summed E-state index contributed by atoms with van der Waals surface area (Å²) < 4.78 is 5.27. The van der Waals surface area contributed by atoms with Crippen molar-refractivity contribution in [1.82, 2.24) is 9.88 Å². The van der Waals surface area contributed by atoms with Gasteiger partial charge in [0.2, 0.25) is 0 Å². The number of fused-ring (bicyclic) bond motifs is 1. The van der Waals surface area contributed by atoms with Crippen molar-refractivity contribution < 1.29 is 19.4 Å². The second kappa shape index (κ2) is 9.15. The third-order valence-electron chi connectivity index (χ3n) is 5.39. The average Bonchev–Trinajstić information content (AvgIpc) is 2.82. The van der Waals surface area contributed by atoms with Gasteiger partial charge in [-0.1, -0.05) is 36.4 Å². The van der Waals surface area contributed by atoms with Crippen molar-refractivity contribution in [2.75, 3.05) is 26.3 Å². The van der Waals surface area contributed by atoms with Gasteiger partial charge < -0.3 is 14.7 Å². The molecule has 2 aromatic carbocycles. The molecule has 1 aliphatic heterocycles. The maximum atomic E-state index is 12.5. The van der Waals surface area contributed by atoms with Crippen molar-refractivity contribution in [3.63, 3.8) is 0 Å². The van der Waals surface area contributed by atoms with Gasteiger partial charge in [-0.25, -0.2) is 0 Å². The Balaban J connectivity index is 1.35. The second-order valence-corrected chi connectivity index (χ2v) is 7.42. The molecule has 154 valence electrons. The van der Waals surface area contributed by atoms with E-state index in [0.29, 0.717) is 49.5 Å². The highest BCUT2D eigenvalue weighted by Gasteiger charge is 2.19. The van der Waals surface area contributed by atoms with Crippen molar-refractivity contribution in [3.05, 3.63) is 77.6 Å². The highest BCUT2D eigenvalue weighted by molar-refractivity contribution is 5.98. The number of nitrogens with zero attached hydrogens (tertiary/aromatic N) is 2. The number of amides is 1. The van der Waals surface area contributed by atoms with Crippen molar-refractivity contribution in [3.8, 4) is 0 Å². The van der Waals surface area contributed by atoms with Gasteiger partial charge in [-0.05, 0) is 30.0 Å². The maximum absolute atomic E-state index is 12.5. The zero-order valence-electron chi connectivity index (χ0n) is 16.7. The Labute approximate surface area is 175 Å². The molecule has 1 amide bonds. The number of hydrogen-bond acceptors (Lipinski definition) is 5. The van der Waals surface area contributed by atoms with E-state index >= 15 is 0 Å². The molecule has 0 radical (unpaired) electrons. The number of benzene rings is 2. The fraction of sp³-hybridized carbons (Fsp3) is 0.292. The fourth-order valence-electron chi connectivity index (χ4n) is 3.59. The first kappa shape index (κ1) is 20.2. The molecule has 3 aromatic rings. The summed E-state index contributed by atoms with van der Waals surface area (Å²) in [5.74, 6) is -0.115. The standard InChI is InChI=1S/C24H24N2O4/c27-22(9-10-23(28)21-15-19-3-1-2-4-20(19)16-25-21)17-5-7-18(8-6-17)24(29)26-11-13-30-14-12-26/h1-8,15-16,23,28H,9-14H2. The lowest BCUT2D eigenvalue weighted by molar-refractivity contribution is 0.0303. The van der Waals surface area contributed by atoms with Gasteiger partial charge in [-0.2, -0.15) is 0 Å². The van der Waals surface area contributed by atoms with Crippen molar-refractivity contribution in [2.45, 2.75) is 18.9 Å². The monoisotopic (exact) mass is 404 g/mol. The van der Waals surface area contributed by atoms with Crippen LogP contribution >= 0.6 is 0 Å². The van der Waals surface area contributed by atoms with Crippen LogP contribution in [0.15, 0.2) is 60.8 Å². The Hall–Kier alpha value is -3.09. The minimum Gasteiger partial charge on any atom is -0.387 e. The van der Waals surface area contributed by atoms with Gasteiger partial charge in [-0.15, -0.1) is 0 Å². The predicted molar refractivity (Wildman–Crippen MR) is 113 cm³/mol. The van der Waals surface area contributed by atoms with Crippen LogP contribution in [0.2, 0.25) is 0 Å². The van der Waals surface area contributed by atoms with E-state index < -0.39 is 6.10 Å². The topological polar surface area (TPSA) is 79.7 Å². The molecule has 6 heteroatoms. The number of aromatic nitrogens is 1. The number of ether oxygens (including phenoxy) is 1. The van der Waals surface area contributed by atoms with E-state index in [1.807, 2.05) is 30.3 Å². The van der Waals surface area contributed by atoms with Gasteiger partial charge in [0.25, 0.3) is 5.91 Å². The van der Waals surface area contributed by atoms with Crippen LogP contribution in [0.1, 0.15) is 45.4 Å². The molecule has 6 nitrogen and oxygen atoms in total. The number of rotatable bonds is 6. The second-order valence-electron chi connectivity index (χ2n) is 7.42. The SMILES string of the molecule is O=C(CCC(O)c1cc2ccccc2cn1)c1ccc(C(=O)N2CCOCC2)cc1. The Morgan fingerprint density at radius 1 is 1.00 bits per heavy atom. The number of morpholine rings is 1. The molecule has 30 heavy (non-hydrogen) atoms. The summed E-state index contributed by atoms with van der Waals surface area (Å²) in [6, 6.07) is 16.4. The minimum atomic E-state index is -0.805. The van der Waals surface area contributed by atoms with Crippen molar-refractivity contribution >= 4 is 22.5 Å². The quantitative estimate of drug-likeness (QED) is 0.637. The highest BCUT2D eigenvalue weighted by Crippen LogP contribution is 2.22. The first-order valence-electron chi connectivity index (χ1n) is 10.1. The predicted octanol–water partition coefficient (Wildman–Crippen LogP) is 3.40. The van der Waals surface area contributed by atoms with Crippen molar-refractivity contribution in [1.29, 1.82) is 0 Å².